The Balaban J connectivity index is 1.26. The number of carbonyl (C=O) groups excluding carboxylic acids is 2. The number of ether oxygens (including phenoxy) is 1. The van der Waals surface area contributed by atoms with Crippen LogP contribution in [0.5, 0.6) is 5.75 Å². The second-order valence-corrected chi connectivity index (χ2v) is 13.2. The van der Waals surface area contributed by atoms with Crippen LogP contribution in [0.25, 0.3) is 0 Å². The maximum atomic E-state index is 14.1. The first-order valence-corrected chi connectivity index (χ1v) is 14.8. The Morgan fingerprint density at radius 2 is 1.74 bits per heavy atom. The number of aliphatic hydroxyl groups is 2. The summed E-state index contributed by atoms with van der Waals surface area (Å²) in [6.45, 7) is 0.672. The Labute approximate surface area is 224 Å². The van der Waals surface area contributed by atoms with E-state index in [9.17, 15) is 19.8 Å². The minimum atomic E-state index is -0.931. The number of fused-ring (bicyclic) bond motifs is 3. The molecule has 7 aliphatic rings. The van der Waals surface area contributed by atoms with Crippen molar-refractivity contribution < 1.29 is 24.5 Å². The maximum absolute atomic E-state index is 14.1. The molecule has 0 unspecified atom stereocenters. The SMILES string of the molecule is O=C(NCCO)C1=C[C@@H](N(CC23CC4CC(CC(C4)C2)C3)C(=O)C2CCC2)[C@H](O)[C@H]2Oc3ccccc3[C@@H]12. The van der Waals surface area contributed by atoms with Crippen molar-refractivity contribution in [3.8, 4) is 5.75 Å². The van der Waals surface area contributed by atoms with E-state index >= 15 is 0 Å². The molecular formula is C31H40N2O5. The number of hydrogen-bond donors (Lipinski definition) is 3. The summed E-state index contributed by atoms with van der Waals surface area (Å²) in [6.07, 6.45) is 10.7. The molecule has 38 heavy (non-hydrogen) atoms. The highest BCUT2D eigenvalue weighted by Gasteiger charge is 2.55. The van der Waals surface area contributed by atoms with Crippen LogP contribution in [0.4, 0.5) is 0 Å². The zero-order valence-corrected chi connectivity index (χ0v) is 22.1. The van der Waals surface area contributed by atoms with Crippen LogP contribution in [0.15, 0.2) is 35.9 Å². The summed E-state index contributed by atoms with van der Waals surface area (Å²) in [5.41, 5.74) is 1.54. The lowest BCUT2D eigenvalue weighted by atomic mass is 9.49. The molecular weight excluding hydrogens is 480 g/mol. The molecule has 3 N–H and O–H groups in total. The first-order valence-electron chi connectivity index (χ1n) is 14.8. The molecule has 4 atom stereocenters. The van der Waals surface area contributed by atoms with Gasteiger partial charge in [-0.1, -0.05) is 24.6 Å². The summed E-state index contributed by atoms with van der Waals surface area (Å²) in [5, 5.41) is 24.0. The van der Waals surface area contributed by atoms with Crippen LogP contribution in [0.1, 0.15) is 69.3 Å². The fraction of sp³-hybridized carbons (Fsp3) is 0.677. The van der Waals surface area contributed by atoms with Gasteiger partial charge >= 0.3 is 0 Å². The molecule has 1 aromatic rings. The molecule has 7 nitrogen and oxygen atoms in total. The summed E-state index contributed by atoms with van der Waals surface area (Å²) >= 11 is 0. The number of rotatable bonds is 7. The van der Waals surface area contributed by atoms with Gasteiger partial charge in [-0.3, -0.25) is 9.59 Å². The Morgan fingerprint density at radius 1 is 1.05 bits per heavy atom. The average molecular weight is 521 g/mol. The molecule has 8 rings (SSSR count). The first-order chi connectivity index (χ1) is 18.4. The van der Waals surface area contributed by atoms with E-state index in [-0.39, 0.29) is 36.3 Å². The Hall–Kier alpha value is -2.38. The van der Waals surface area contributed by atoms with E-state index in [1.807, 2.05) is 35.2 Å². The molecule has 0 saturated heterocycles. The van der Waals surface area contributed by atoms with Crippen LogP contribution < -0.4 is 10.1 Å². The Kier molecular flexibility index (Phi) is 6.08. The zero-order chi connectivity index (χ0) is 26.0. The topological polar surface area (TPSA) is 99.1 Å². The van der Waals surface area contributed by atoms with E-state index in [2.05, 4.69) is 5.32 Å². The molecule has 7 heteroatoms. The van der Waals surface area contributed by atoms with Crippen molar-refractivity contribution in [1.29, 1.82) is 0 Å². The normalized spacial score (nSPS) is 38.5. The molecule has 5 saturated carbocycles. The molecule has 0 aromatic heterocycles. The van der Waals surface area contributed by atoms with Gasteiger partial charge in [-0.15, -0.1) is 0 Å². The standard InChI is InChI=1S/C31H40N2O5/c34-9-8-32-29(36)23-13-24(27(35)28-26(23)22-6-1-2-7-25(22)38-28)33(30(37)21-4-3-5-21)17-31-14-18-10-19(15-31)12-20(11-18)16-31/h1-2,6-7,13,18-21,24,26-28,34-35H,3-5,8-12,14-17H2,(H,32,36)/t18?,19?,20?,24-,26+,27+,28+,31?/m1/s1. The second-order valence-electron chi connectivity index (χ2n) is 13.2. The van der Waals surface area contributed by atoms with E-state index in [0.717, 1.165) is 42.6 Å². The van der Waals surface area contributed by atoms with E-state index in [4.69, 9.17) is 4.74 Å². The highest BCUT2D eigenvalue weighted by atomic mass is 16.5. The van der Waals surface area contributed by atoms with Crippen molar-refractivity contribution >= 4 is 11.8 Å². The first kappa shape index (κ1) is 24.6. The number of aliphatic hydroxyl groups excluding tert-OH is 2. The highest BCUT2D eigenvalue weighted by Crippen LogP contribution is 2.60. The lowest BCUT2D eigenvalue weighted by molar-refractivity contribution is -0.151. The lowest BCUT2D eigenvalue weighted by Gasteiger charge is -2.58. The van der Waals surface area contributed by atoms with Crippen LogP contribution in [0.2, 0.25) is 0 Å². The maximum Gasteiger partial charge on any atom is 0.247 e. The van der Waals surface area contributed by atoms with Crippen molar-refractivity contribution in [3.05, 3.63) is 41.5 Å². The number of para-hydroxylation sites is 1. The minimum Gasteiger partial charge on any atom is -0.486 e. The van der Waals surface area contributed by atoms with Crippen molar-refractivity contribution in [2.75, 3.05) is 19.7 Å². The van der Waals surface area contributed by atoms with E-state index in [1.54, 1.807) is 0 Å². The predicted octanol–water partition coefficient (Wildman–Crippen LogP) is 3.15. The molecule has 0 radical (unpaired) electrons. The van der Waals surface area contributed by atoms with Gasteiger partial charge in [-0.2, -0.15) is 0 Å². The van der Waals surface area contributed by atoms with Gasteiger partial charge in [-0.05, 0) is 86.7 Å². The molecule has 0 spiro atoms. The lowest BCUT2D eigenvalue weighted by Crippen LogP contribution is -2.61. The van der Waals surface area contributed by atoms with Crippen LogP contribution >= 0.6 is 0 Å². The number of nitrogens with one attached hydrogen (secondary N) is 1. The molecule has 1 aliphatic heterocycles. The Morgan fingerprint density at radius 3 is 2.37 bits per heavy atom. The number of amides is 2. The summed E-state index contributed by atoms with van der Waals surface area (Å²) in [4.78, 5) is 29.5. The highest BCUT2D eigenvalue weighted by molar-refractivity contribution is 5.96. The van der Waals surface area contributed by atoms with E-state index in [1.165, 1.54) is 38.5 Å². The van der Waals surface area contributed by atoms with Crippen LogP contribution in [-0.2, 0) is 9.59 Å². The second kappa shape index (κ2) is 9.37. The summed E-state index contributed by atoms with van der Waals surface area (Å²) in [7, 11) is 0. The molecule has 1 heterocycles. The van der Waals surface area contributed by atoms with Gasteiger partial charge in [0.15, 0.2) is 0 Å². The van der Waals surface area contributed by atoms with E-state index in [0.29, 0.717) is 17.9 Å². The number of benzene rings is 1. The third-order valence-electron chi connectivity index (χ3n) is 10.6. The number of hydrogen-bond acceptors (Lipinski definition) is 5. The summed E-state index contributed by atoms with van der Waals surface area (Å²) in [6, 6.07) is 7.04. The molecule has 4 bridgehead atoms. The third-order valence-corrected chi connectivity index (χ3v) is 10.6. The molecule has 6 aliphatic carbocycles. The van der Waals surface area contributed by atoms with Gasteiger partial charge in [-0.25, -0.2) is 0 Å². The largest absolute Gasteiger partial charge is 0.486 e. The summed E-state index contributed by atoms with van der Waals surface area (Å²) < 4.78 is 6.30. The van der Waals surface area contributed by atoms with Crippen molar-refractivity contribution in [3.63, 3.8) is 0 Å². The molecule has 204 valence electrons. The molecule has 5 fully saturated rings. The third kappa shape index (κ3) is 4.00. The fourth-order valence-electron chi connectivity index (χ4n) is 9.26. The van der Waals surface area contributed by atoms with Gasteiger partial charge in [0.25, 0.3) is 0 Å². The quantitative estimate of drug-likeness (QED) is 0.513. The van der Waals surface area contributed by atoms with Crippen molar-refractivity contribution in [2.45, 2.75) is 82.0 Å². The van der Waals surface area contributed by atoms with Crippen LogP contribution in [-0.4, -0.2) is 64.9 Å². The summed E-state index contributed by atoms with van der Waals surface area (Å²) in [5.74, 6) is 2.46. The smallest absolute Gasteiger partial charge is 0.247 e. The molecule has 2 amide bonds. The van der Waals surface area contributed by atoms with Gasteiger partial charge in [0.1, 0.15) is 18.0 Å². The van der Waals surface area contributed by atoms with Gasteiger partial charge in [0.2, 0.25) is 11.8 Å². The van der Waals surface area contributed by atoms with Crippen molar-refractivity contribution in [2.24, 2.45) is 29.1 Å². The van der Waals surface area contributed by atoms with Crippen molar-refractivity contribution in [1.82, 2.24) is 10.2 Å². The monoisotopic (exact) mass is 520 g/mol. The number of nitrogens with zero attached hydrogens (tertiary/aromatic N) is 1. The van der Waals surface area contributed by atoms with Gasteiger partial charge in [0.05, 0.1) is 18.6 Å². The zero-order valence-electron chi connectivity index (χ0n) is 22.1. The predicted molar refractivity (Wildman–Crippen MR) is 141 cm³/mol. The van der Waals surface area contributed by atoms with E-state index < -0.39 is 24.2 Å². The Bertz CT molecular complexity index is 1110. The molecule has 1 aromatic carbocycles. The van der Waals surface area contributed by atoms with Crippen LogP contribution in [0.3, 0.4) is 0 Å². The fourth-order valence-corrected chi connectivity index (χ4v) is 9.26. The van der Waals surface area contributed by atoms with Crippen LogP contribution in [0, 0.1) is 29.1 Å². The average Bonchev–Trinajstić information content (AvgIpc) is 3.25. The number of carbonyl (C=O) groups is 2. The van der Waals surface area contributed by atoms with Gasteiger partial charge in [0, 0.05) is 30.1 Å². The van der Waals surface area contributed by atoms with Gasteiger partial charge < -0.3 is 25.2 Å². The minimum absolute atomic E-state index is 0.00981.